The monoisotopic (exact) mass is 307 g/mol. The van der Waals surface area contributed by atoms with Crippen molar-refractivity contribution in [2.75, 3.05) is 13.7 Å². The highest BCUT2D eigenvalue weighted by molar-refractivity contribution is 6.30. The summed E-state index contributed by atoms with van der Waals surface area (Å²) in [4.78, 5) is 0. The van der Waals surface area contributed by atoms with E-state index in [0.717, 1.165) is 41.4 Å². The average molecular weight is 308 g/mol. The molecule has 0 aliphatic carbocycles. The van der Waals surface area contributed by atoms with Gasteiger partial charge < -0.3 is 14.5 Å². The molecule has 1 aromatic heterocycles. The normalized spacial score (nSPS) is 12.4. The van der Waals surface area contributed by atoms with Crippen LogP contribution in [0.15, 0.2) is 28.7 Å². The van der Waals surface area contributed by atoms with Crippen LogP contribution in [0.4, 0.5) is 0 Å². The van der Waals surface area contributed by atoms with Crippen molar-refractivity contribution in [1.29, 1.82) is 0 Å². The predicted octanol–water partition coefficient (Wildman–Crippen LogP) is 4.65. The van der Waals surface area contributed by atoms with Gasteiger partial charge in [0.25, 0.3) is 0 Å². The predicted molar refractivity (Wildman–Crippen MR) is 86.3 cm³/mol. The minimum atomic E-state index is 0.0102. The third-order valence-corrected chi connectivity index (χ3v) is 3.73. The molecule has 1 N–H and O–H groups in total. The minimum Gasteiger partial charge on any atom is -0.496 e. The molecule has 2 rings (SSSR count). The van der Waals surface area contributed by atoms with E-state index in [2.05, 4.69) is 18.3 Å². The Hall–Kier alpha value is -1.45. The number of furan rings is 1. The van der Waals surface area contributed by atoms with Gasteiger partial charge in [-0.25, -0.2) is 0 Å². The molecule has 0 aliphatic rings. The van der Waals surface area contributed by atoms with E-state index in [4.69, 9.17) is 20.8 Å². The molecule has 114 valence electrons. The van der Waals surface area contributed by atoms with Gasteiger partial charge in [-0.3, -0.25) is 0 Å². The minimum absolute atomic E-state index is 0.0102. The Kier molecular flexibility index (Phi) is 5.32. The van der Waals surface area contributed by atoms with E-state index in [9.17, 15) is 0 Å². The summed E-state index contributed by atoms with van der Waals surface area (Å²) in [7, 11) is 1.68. The van der Waals surface area contributed by atoms with Crippen molar-refractivity contribution in [1.82, 2.24) is 5.32 Å². The molecule has 1 heterocycles. The number of ether oxygens (including phenoxy) is 1. The number of aryl methyl sites for hydroxylation is 2. The first-order valence-electron chi connectivity index (χ1n) is 7.20. The van der Waals surface area contributed by atoms with Crippen molar-refractivity contribution >= 4 is 11.6 Å². The summed E-state index contributed by atoms with van der Waals surface area (Å²) in [6.07, 6.45) is 1.05. The van der Waals surface area contributed by atoms with E-state index < -0.39 is 0 Å². The number of hydrogen-bond donors (Lipinski definition) is 1. The topological polar surface area (TPSA) is 34.4 Å². The first-order chi connectivity index (χ1) is 10.1. The maximum atomic E-state index is 6.18. The number of hydrogen-bond acceptors (Lipinski definition) is 3. The Labute approximate surface area is 131 Å². The van der Waals surface area contributed by atoms with Crippen molar-refractivity contribution in [3.63, 3.8) is 0 Å². The second-order valence-electron chi connectivity index (χ2n) is 5.14. The van der Waals surface area contributed by atoms with E-state index in [1.165, 1.54) is 0 Å². The van der Waals surface area contributed by atoms with Crippen LogP contribution in [0.5, 0.6) is 5.75 Å². The van der Waals surface area contributed by atoms with Crippen molar-refractivity contribution in [2.24, 2.45) is 0 Å². The maximum absolute atomic E-state index is 6.18. The highest BCUT2D eigenvalue weighted by atomic mass is 35.5. The highest BCUT2D eigenvalue weighted by Crippen LogP contribution is 2.34. The number of nitrogens with one attached hydrogen (secondary N) is 1. The Morgan fingerprint density at radius 1 is 1.24 bits per heavy atom. The molecule has 4 heteroatoms. The zero-order chi connectivity index (χ0) is 15.4. The van der Waals surface area contributed by atoms with Gasteiger partial charge in [0.1, 0.15) is 17.3 Å². The van der Waals surface area contributed by atoms with Gasteiger partial charge >= 0.3 is 0 Å². The van der Waals surface area contributed by atoms with Crippen molar-refractivity contribution < 1.29 is 9.15 Å². The van der Waals surface area contributed by atoms with Gasteiger partial charge in [0.2, 0.25) is 0 Å². The first kappa shape index (κ1) is 15.9. The van der Waals surface area contributed by atoms with Crippen LogP contribution < -0.4 is 10.1 Å². The van der Waals surface area contributed by atoms with Gasteiger partial charge in [-0.2, -0.15) is 0 Å². The van der Waals surface area contributed by atoms with Gasteiger partial charge in [-0.05, 0) is 51.1 Å². The smallest absolute Gasteiger partial charge is 0.124 e. The van der Waals surface area contributed by atoms with Crippen molar-refractivity contribution in [2.45, 2.75) is 33.2 Å². The molecule has 2 aromatic rings. The molecule has 0 aliphatic heterocycles. The Bertz CT molecular complexity index is 607. The molecular weight excluding hydrogens is 286 g/mol. The Morgan fingerprint density at radius 2 is 2.00 bits per heavy atom. The lowest BCUT2D eigenvalue weighted by Crippen LogP contribution is -2.24. The van der Waals surface area contributed by atoms with Gasteiger partial charge in [0, 0.05) is 16.1 Å². The molecule has 21 heavy (non-hydrogen) atoms. The highest BCUT2D eigenvalue weighted by Gasteiger charge is 2.22. The lowest BCUT2D eigenvalue weighted by Gasteiger charge is -2.21. The SMILES string of the molecule is CCCNC(c1cc(Cl)ccc1OC)c1cc(C)oc1C. The summed E-state index contributed by atoms with van der Waals surface area (Å²) in [6.45, 7) is 7.00. The van der Waals surface area contributed by atoms with Crippen molar-refractivity contribution in [3.05, 3.63) is 51.9 Å². The number of halogens is 1. The molecule has 0 radical (unpaired) electrons. The fourth-order valence-corrected chi connectivity index (χ4v) is 2.72. The van der Waals surface area contributed by atoms with Gasteiger partial charge in [-0.1, -0.05) is 18.5 Å². The summed E-state index contributed by atoms with van der Waals surface area (Å²) in [5.41, 5.74) is 2.16. The molecule has 1 atom stereocenters. The molecule has 0 saturated heterocycles. The number of rotatable bonds is 6. The Morgan fingerprint density at radius 3 is 2.57 bits per heavy atom. The third-order valence-electron chi connectivity index (χ3n) is 3.49. The van der Waals surface area contributed by atoms with E-state index in [0.29, 0.717) is 5.02 Å². The van der Waals surface area contributed by atoms with E-state index in [-0.39, 0.29) is 6.04 Å². The maximum Gasteiger partial charge on any atom is 0.124 e. The molecule has 0 saturated carbocycles. The zero-order valence-electron chi connectivity index (χ0n) is 13.0. The molecule has 1 unspecified atom stereocenters. The van der Waals surface area contributed by atoms with Crippen LogP contribution in [0.3, 0.4) is 0 Å². The molecule has 0 fully saturated rings. The van der Waals surface area contributed by atoms with E-state index in [1.807, 2.05) is 32.0 Å². The average Bonchev–Trinajstić information content (AvgIpc) is 2.78. The molecule has 0 amide bonds. The summed E-state index contributed by atoms with van der Waals surface area (Å²) in [5.74, 6) is 2.65. The molecule has 1 aromatic carbocycles. The fraction of sp³-hybridized carbons (Fsp3) is 0.412. The van der Waals surface area contributed by atoms with Crippen LogP contribution >= 0.6 is 11.6 Å². The summed E-state index contributed by atoms with van der Waals surface area (Å²) in [5, 5.41) is 4.26. The largest absolute Gasteiger partial charge is 0.496 e. The summed E-state index contributed by atoms with van der Waals surface area (Å²) < 4.78 is 11.2. The second kappa shape index (κ2) is 7.01. The van der Waals surface area contributed by atoms with Crippen LogP contribution in [0, 0.1) is 13.8 Å². The fourth-order valence-electron chi connectivity index (χ4n) is 2.54. The van der Waals surface area contributed by atoms with Crippen LogP contribution in [-0.4, -0.2) is 13.7 Å². The zero-order valence-corrected chi connectivity index (χ0v) is 13.8. The summed E-state index contributed by atoms with van der Waals surface area (Å²) in [6, 6.07) is 7.78. The molecule has 0 bridgehead atoms. The first-order valence-corrected chi connectivity index (χ1v) is 7.58. The van der Waals surface area contributed by atoms with Gasteiger partial charge in [0.05, 0.1) is 13.2 Å². The van der Waals surface area contributed by atoms with Crippen LogP contribution in [0.1, 0.15) is 42.0 Å². The number of benzene rings is 1. The van der Waals surface area contributed by atoms with E-state index in [1.54, 1.807) is 7.11 Å². The van der Waals surface area contributed by atoms with Crippen LogP contribution in [-0.2, 0) is 0 Å². The van der Waals surface area contributed by atoms with Crippen molar-refractivity contribution in [3.8, 4) is 5.75 Å². The number of methoxy groups -OCH3 is 1. The summed E-state index contributed by atoms with van der Waals surface area (Å²) >= 11 is 6.18. The van der Waals surface area contributed by atoms with Crippen LogP contribution in [0.2, 0.25) is 5.02 Å². The molecule has 0 spiro atoms. The van der Waals surface area contributed by atoms with Gasteiger partial charge in [0.15, 0.2) is 0 Å². The third kappa shape index (κ3) is 3.60. The molecular formula is C17H22ClNO2. The lowest BCUT2D eigenvalue weighted by atomic mass is 9.97. The Balaban J connectivity index is 2.50. The lowest BCUT2D eigenvalue weighted by molar-refractivity contribution is 0.403. The molecule has 3 nitrogen and oxygen atoms in total. The standard InChI is InChI=1S/C17H22ClNO2/c1-5-8-19-17(14-9-11(2)21-12(14)3)15-10-13(18)6-7-16(15)20-4/h6-7,9-10,17,19H,5,8H2,1-4H3. The van der Waals surface area contributed by atoms with Crippen LogP contribution in [0.25, 0.3) is 0 Å². The quantitative estimate of drug-likeness (QED) is 0.843. The van der Waals surface area contributed by atoms with Gasteiger partial charge in [-0.15, -0.1) is 0 Å². The second-order valence-corrected chi connectivity index (χ2v) is 5.58. The van der Waals surface area contributed by atoms with E-state index >= 15 is 0 Å².